The van der Waals surface area contributed by atoms with Crippen molar-refractivity contribution in [1.82, 2.24) is 4.98 Å². The molecule has 0 saturated heterocycles. The molecule has 0 atom stereocenters. The number of allylic oxidation sites excluding steroid dienone is 4. The minimum atomic E-state index is -0.0291. The lowest BCUT2D eigenvalue weighted by Gasteiger charge is -2.18. The van der Waals surface area contributed by atoms with Crippen LogP contribution >= 0.6 is 11.6 Å². The Morgan fingerprint density at radius 2 is 1.71 bits per heavy atom. The molecule has 4 nitrogen and oxygen atoms in total. The van der Waals surface area contributed by atoms with Crippen molar-refractivity contribution in [3.8, 4) is 0 Å². The Labute approximate surface area is 145 Å². The van der Waals surface area contributed by atoms with Gasteiger partial charge in [-0.15, -0.1) is 0 Å². The number of fused-ring (bicyclic) bond motifs is 1. The summed E-state index contributed by atoms with van der Waals surface area (Å²) in [4.78, 5) is 29.0. The van der Waals surface area contributed by atoms with Crippen LogP contribution in [-0.2, 0) is 16.0 Å². The summed E-state index contributed by atoms with van der Waals surface area (Å²) < 4.78 is 5.68. The maximum absolute atomic E-state index is 12.4. The molecule has 0 aliphatic heterocycles. The smallest absolute Gasteiger partial charge is 0.195 e. The maximum Gasteiger partial charge on any atom is 0.195 e. The number of ketones is 2. The Morgan fingerprint density at radius 3 is 2.46 bits per heavy atom. The summed E-state index contributed by atoms with van der Waals surface area (Å²) in [5, 5.41) is 0.618. The number of rotatable bonds is 4. The summed E-state index contributed by atoms with van der Waals surface area (Å²) in [6, 6.07) is 5.31. The Hall–Kier alpha value is -2.20. The molecule has 2 aromatic rings. The highest BCUT2D eigenvalue weighted by Crippen LogP contribution is 2.28. The van der Waals surface area contributed by atoms with E-state index < -0.39 is 0 Å². The lowest BCUT2D eigenvalue weighted by Crippen LogP contribution is -2.20. The van der Waals surface area contributed by atoms with E-state index in [-0.39, 0.29) is 11.6 Å². The van der Waals surface area contributed by atoms with E-state index in [1.54, 1.807) is 39.0 Å². The first kappa shape index (κ1) is 16.7. The van der Waals surface area contributed by atoms with Crippen molar-refractivity contribution < 1.29 is 14.0 Å². The average Bonchev–Trinajstić information content (AvgIpc) is 2.96. The van der Waals surface area contributed by atoms with E-state index in [4.69, 9.17) is 16.0 Å². The molecule has 0 radical (unpaired) electrons. The van der Waals surface area contributed by atoms with Crippen molar-refractivity contribution in [3.63, 3.8) is 0 Å². The van der Waals surface area contributed by atoms with Gasteiger partial charge in [-0.25, -0.2) is 4.98 Å². The molecule has 0 N–H and O–H groups in total. The minimum absolute atomic E-state index is 0.0195. The Morgan fingerprint density at radius 1 is 1.00 bits per heavy atom. The number of carbonyl (C=O) groups excluding carboxylic acids is 2. The third-order valence-electron chi connectivity index (χ3n) is 4.52. The molecule has 5 heteroatoms. The van der Waals surface area contributed by atoms with Crippen LogP contribution in [0.15, 0.2) is 44.9 Å². The van der Waals surface area contributed by atoms with Crippen LogP contribution in [0.1, 0.15) is 39.5 Å². The van der Waals surface area contributed by atoms with Crippen LogP contribution < -0.4 is 0 Å². The highest BCUT2D eigenvalue weighted by Gasteiger charge is 2.27. The molecule has 0 saturated carbocycles. The second kappa shape index (κ2) is 6.36. The number of hydrogen-bond donors (Lipinski definition) is 0. The number of hydrogen-bond acceptors (Lipinski definition) is 4. The van der Waals surface area contributed by atoms with Gasteiger partial charge in [-0.2, -0.15) is 0 Å². The average molecular weight is 344 g/mol. The predicted octanol–water partition coefficient (Wildman–Crippen LogP) is 4.61. The Balaban J connectivity index is 1.71. The number of nitrogens with zero attached hydrogens (tertiary/aromatic N) is 1. The Kier molecular flexibility index (Phi) is 4.41. The summed E-state index contributed by atoms with van der Waals surface area (Å²) in [7, 11) is 0. The van der Waals surface area contributed by atoms with E-state index in [1.807, 2.05) is 0 Å². The van der Waals surface area contributed by atoms with Crippen LogP contribution in [0.5, 0.6) is 0 Å². The lowest BCUT2D eigenvalue weighted by atomic mass is 9.84. The quantitative estimate of drug-likeness (QED) is 0.761. The molecule has 1 aromatic carbocycles. The highest BCUT2D eigenvalue weighted by molar-refractivity contribution is 6.31. The summed E-state index contributed by atoms with van der Waals surface area (Å²) in [6.07, 6.45) is 1.84. The number of aromatic nitrogens is 1. The molecule has 0 bridgehead atoms. The van der Waals surface area contributed by atoms with Crippen LogP contribution in [0.25, 0.3) is 11.1 Å². The summed E-state index contributed by atoms with van der Waals surface area (Å²) in [5.74, 6) is 0.566. The number of aryl methyl sites for hydroxylation is 1. The van der Waals surface area contributed by atoms with E-state index in [0.29, 0.717) is 58.1 Å². The topological polar surface area (TPSA) is 60.2 Å². The highest BCUT2D eigenvalue weighted by atomic mass is 35.5. The molecular weight excluding hydrogens is 326 g/mol. The molecule has 1 aliphatic rings. The molecule has 1 heterocycles. The van der Waals surface area contributed by atoms with Crippen LogP contribution in [-0.4, -0.2) is 16.6 Å². The minimum Gasteiger partial charge on any atom is -0.441 e. The first-order valence-corrected chi connectivity index (χ1v) is 8.28. The van der Waals surface area contributed by atoms with Gasteiger partial charge in [0.05, 0.1) is 0 Å². The molecule has 0 unspecified atom stereocenters. The van der Waals surface area contributed by atoms with Crippen LogP contribution in [0, 0.1) is 0 Å². The van der Waals surface area contributed by atoms with E-state index in [1.165, 1.54) is 0 Å². The molecule has 0 fully saturated rings. The number of benzene rings is 1. The molecule has 0 amide bonds. The van der Waals surface area contributed by atoms with Gasteiger partial charge < -0.3 is 4.42 Å². The number of oxazole rings is 1. The zero-order valence-electron chi connectivity index (χ0n) is 13.9. The molecule has 3 rings (SSSR count). The summed E-state index contributed by atoms with van der Waals surface area (Å²) in [6.45, 7) is 5.15. The zero-order chi connectivity index (χ0) is 17.4. The van der Waals surface area contributed by atoms with E-state index in [0.717, 1.165) is 5.52 Å². The second-order valence-electron chi connectivity index (χ2n) is 6.09. The van der Waals surface area contributed by atoms with E-state index in [2.05, 4.69) is 4.98 Å². The van der Waals surface area contributed by atoms with Gasteiger partial charge in [0.1, 0.15) is 5.52 Å². The van der Waals surface area contributed by atoms with Gasteiger partial charge in [0.2, 0.25) is 0 Å². The van der Waals surface area contributed by atoms with Gasteiger partial charge in [0, 0.05) is 33.7 Å². The molecule has 124 valence electrons. The van der Waals surface area contributed by atoms with Crippen LogP contribution in [0.4, 0.5) is 0 Å². The van der Waals surface area contributed by atoms with Crippen molar-refractivity contribution >= 4 is 34.3 Å². The second-order valence-corrected chi connectivity index (χ2v) is 6.52. The molecule has 1 aromatic heterocycles. The monoisotopic (exact) mass is 343 g/mol. The fraction of sp³-hybridized carbons (Fsp3) is 0.316. The fourth-order valence-electron chi connectivity index (χ4n) is 2.93. The van der Waals surface area contributed by atoms with E-state index >= 15 is 0 Å². The molecule has 1 aliphatic carbocycles. The maximum atomic E-state index is 12.4. The first-order valence-electron chi connectivity index (χ1n) is 7.90. The summed E-state index contributed by atoms with van der Waals surface area (Å²) >= 11 is 5.94. The van der Waals surface area contributed by atoms with Gasteiger partial charge in [0.25, 0.3) is 0 Å². The third kappa shape index (κ3) is 2.94. The van der Waals surface area contributed by atoms with Crippen LogP contribution in [0.2, 0.25) is 5.02 Å². The standard InChI is InChI=1S/C19H18ClNO3/c1-10-11(2)19(23)14(12(3)18(10)22)5-4-6-17-21-15-9-13(20)7-8-16(15)24-17/h7-9H,4-6H2,1-3H3. The number of carbonyl (C=O) groups is 2. The SMILES string of the molecule is CC1=C(C)C(=O)C(CCCc2nc3cc(Cl)ccc3o2)=C(C)C1=O. The van der Waals surface area contributed by atoms with Gasteiger partial charge in [-0.05, 0) is 51.8 Å². The predicted molar refractivity (Wildman–Crippen MR) is 93.0 cm³/mol. The largest absolute Gasteiger partial charge is 0.441 e. The van der Waals surface area contributed by atoms with Crippen molar-refractivity contribution in [1.29, 1.82) is 0 Å². The number of halogens is 1. The molecular formula is C19H18ClNO3. The van der Waals surface area contributed by atoms with Crippen molar-refractivity contribution in [2.75, 3.05) is 0 Å². The zero-order valence-corrected chi connectivity index (χ0v) is 14.7. The fourth-order valence-corrected chi connectivity index (χ4v) is 3.09. The van der Waals surface area contributed by atoms with Crippen molar-refractivity contribution in [2.45, 2.75) is 40.0 Å². The third-order valence-corrected chi connectivity index (χ3v) is 4.76. The van der Waals surface area contributed by atoms with Gasteiger partial charge in [0.15, 0.2) is 23.0 Å². The lowest BCUT2D eigenvalue weighted by molar-refractivity contribution is -0.116. The Bertz CT molecular complexity index is 918. The van der Waals surface area contributed by atoms with Crippen molar-refractivity contribution in [2.24, 2.45) is 0 Å². The van der Waals surface area contributed by atoms with Crippen LogP contribution in [0.3, 0.4) is 0 Å². The molecule has 24 heavy (non-hydrogen) atoms. The van der Waals surface area contributed by atoms with Gasteiger partial charge in [-0.3, -0.25) is 9.59 Å². The first-order chi connectivity index (χ1) is 11.4. The van der Waals surface area contributed by atoms with E-state index in [9.17, 15) is 9.59 Å². The summed E-state index contributed by atoms with van der Waals surface area (Å²) in [5.41, 5.74) is 3.71. The molecule has 0 spiro atoms. The van der Waals surface area contributed by atoms with Gasteiger partial charge in [-0.1, -0.05) is 11.6 Å². The number of Topliss-reactive ketones (excluding diaryl/α,β-unsaturated/α-hetero) is 2. The van der Waals surface area contributed by atoms with Gasteiger partial charge >= 0.3 is 0 Å². The van der Waals surface area contributed by atoms with Crippen molar-refractivity contribution in [3.05, 3.63) is 51.4 Å². The normalized spacial score (nSPS) is 15.8.